The molecule has 0 saturated heterocycles. The lowest BCUT2D eigenvalue weighted by molar-refractivity contribution is -0.122. The molecular weight excluding hydrogens is 503 g/mol. The highest BCUT2D eigenvalue weighted by atomic mass is 35.5. The number of halogens is 2. The van der Waals surface area contributed by atoms with Gasteiger partial charge in [-0.25, -0.2) is 4.39 Å². The Bertz CT molecular complexity index is 1550. The first-order chi connectivity index (χ1) is 18.2. The zero-order valence-electron chi connectivity index (χ0n) is 20.7. The first-order valence-electron chi connectivity index (χ1n) is 12.0. The lowest BCUT2D eigenvalue weighted by Gasteiger charge is -2.40. The number of amides is 1. The molecule has 3 aromatic rings. The van der Waals surface area contributed by atoms with E-state index in [1.807, 2.05) is 0 Å². The van der Waals surface area contributed by atoms with E-state index in [4.69, 9.17) is 22.1 Å². The van der Waals surface area contributed by atoms with Gasteiger partial charge in [0.05, 0.1) is 41.5 Å². The fourth-order valence-corrected chi connectivity index (χ4v) is 4.83. The molecule has 1 saturated carbocycles. The predicted octanol–water partition coefficient (Wildman–Crippen LogP) is 5.35. The second-order valence-corrected chi connectivity index (χ2v) is 10.1. The summed E-state index contributed by atoms with van der Waals surface area (Å²) >= 11 is 6.19. The fourth-order valence-electron chi connectivity index (χ4n) is 4.70. The number of hydrogen-bond donors (Lipinski definition) is 1. The Morgan fingerprint density at radius 2 is 2.00 bits per heavy atom. The van der Waals surface area contributed by atoms with E-state index in [2.05, 4.69) is 29.6 Å². The molecule has 38 heavy (non-hydrogen) atoms. The number of nitriles is 1. The van der Waals surface area contributed by atoms with Crippen LogP contribution in [0.2, 0.25) is 5.02 Å². The summed E-state index contributed by atoms with van der Waals surface area (Å²) in [5.74, 6) is 1.71. The van der Waals surface area contributed by atoms with Crippen LogP contribution in [0.5, 0.6) is 0 Å². The van der Waals surface area contributed by atoms with Crippen molar-refractivity contribution >= 4 is 23.1 Å². The zero-order valence-corrected chi connectivity index (χ0v) is 21.5. The van der Waals surface area contributed by atoms with Crippen molar-refractivity contribution < 1.29 is 13.9 Å². The van der Waals surface area contributed by atoms with E-state index in [9.17, 15) is 10.1 Å². The molecule has 0 bridgehead atoms. The second-order valence-electron chi connectivity index (χ2n) is 9.69. The van der Waals surface area contributed by atoms with Gasteiger partial charge in [-0.1, -0.05) is 35.9 Å². The minimum Gasteiger partial charge on any atom is -0.359 e. The van der Waals surface area contributed by atoms with Gasteiger partial charge in [0.25, 0.3) is 5.91 Å². The van der Waals surface area contributed by atoms with Crippen LogP contribution in [0.1, 0.15) is 58.1 Å². The third kappa shape index (κ3) is 4.31. The molecule has 2 heterocycles. The monoisotopic (exact) mass is 526 g/mol. The molecular formula is C30H24ClFN4O2. The van der Waals surface area contributed by atoms with E-state index >= 15 is 4.39 Å². The number of ether oxygens (including phenoxy) is 1. The summed E-state index contributed by atoms with van der Waals surface area (Å²) < 4.78 is 22.6. The van der Waals surface area contributed by atoms with Gasteiger partial charge >= 0.3 is 0 Å². The Morgan fingerprint density at radius 3 is 2.58 bits per heavy atom. The van der Waals surface area contributed by atoms with Crippen LogP contribution in [0.4, 0.5) is 4.39 Å². The number of allylic oxidation sites excluding steroid dienone is 1. The molecule has 1 atom stereocenters. The normalized spacial score (nSPS) is 18.8. The lowest BCUT2D eigenvalue weighted by atomic mass is 9.90. The SMILES string of the molecule is C=C(C)c1cc(F)c2c(c1)C(=O)N(Cc1ccc(C#CN)cn1)[C@@]2(OCC1(C#N)CC1)c1ccc(Cl)cc1. The van der Waals surface area contributed by atoms with Crippen LogP contribution >= 0.6 is 11.6 Å². The maximum Gasteiger partial charge on any atom is 0.257 e. The van der Waals surface area contributed by atoms with Crippen molar-refractivity contribution in [2.75, 3.05) is 6.61 Å². The Balaban J connectivity index is 1.72. The summed E-state index contributed by atoms with van der Waals surface area (Å²) in [6.07, 6.45) is 2.90. The van der Waals surface area contributed by atoms with Gasteiger partial charge < -0.3 is 10.5 Å². The number of fused-ring (bicyclic) bond motifs is 1. The Morgan fingerprint density at radius 1 is 1.26 bits per heavy atom. The van der Waals surface area contributed by atoms with Crippen LogP contribution in [0, 0.1) is 34.5 Å². The summed E-state index contributed by atoms with van der Waals surface area (Å²) in [5, 5.41) is 10.2. The van der Waals surface area contributed by atoms with Crippen LogP contribution in [-0.4, -0.2) is 22.4 Å². The quantitative estimate of drug-likeness (QED) is 0.331. The molecule has 6 nitrogen and oxygen atoms in total. The number of pyridine rings is 1. The molecule has 0 spiro atoms. The molecule has 190 valence electrons. The van der Waals surface area contributed by atoms with Gasteiger partial charge in [0.15, 0.2) is 5.72 Å². The molecule has 2 aliphatic rings. The number of nitrogens with two attached hydrogens (primary N) is 1. The molecule has 1 aliphatic carbocycles. The number of hydrogen-bond acceptors (Lipinski definition) is 5. The Labute approximate surface area is 225 Å². The van der Waals surface area contributed by atoms with E-state index in [1.54, 1.807) is 55.6 Å². The summed E-state index contributed by atoms with van der Waals surface area (Å²) in [5.41, 5.74) is 6.05. The van der Waals surface area contributed by atoms with Crippen LogP contribution in [0.25, 0.3) is 5.57 Å². The molecule has 8 heteroatoms. The molecule has 0 radical (unpaired) electrons. The molecule has 1 aliphatic heterocycles. The molecule has 5 rings (SSSR count). The van der Waals surface area contributed by atoms with Gasteiger partial charge in [0.1, 0.15) is 5.82 Å². The van der Waals surface area contributed by atoms with Crippen molar-refractivity contribution in [3.63, 3.8) is 0 Å². The number of rotatable bonds is 7. The molecule has 2 N–H and O–H groups in total. The van der Waals surface area contributed by atoms with Gasteiger partial charge in [-0.3, -0.25) is 14.7 Å². The van der Waals surface area contributed by atoms with Crippen LogP contribution in [-0.2, 0) is 17.0 Å². The molecule has 0 unspecified atom stereocenters. The maximum absolute atomic E-state index is 16.1. The highest BCUT2D eigenvalue weighted by molar-refractivity contribution is 6.30. The van der Waals surface area contributed by atoms with Crippen molar-refractivity contribution in [1.82, 2.24) is 9.88 Å². The summed E-state index contributed by atoms with van der Waals surface area (Å²) in [4.78, 5) is 20.0. The fraction of sp³-hybridized carbons (Fsp3) is 0.233. The molecule has 1 aromatic heterocycles. The maximum atomic E-state index is 16.1. The summed E-state index contributed by atoms with van der Waals surface area (Å²) in [6, 6.07) is 17.9. The number of aromatic nitrogens is 1. The van der Waals surface area contributed by atoms with Gasteiger partial charge in [0, 0.05) is 28.4 Å². The predicted molar refractivity (Wildman–Crippen MR) is 142 cm³/mol. The largest absolute Gasteiger partial charge is 0.359 e. The van der Waals surface area contributed by atoms with Crippen molar-refractivity contribution in [2.45, 2.75) is 32.0 Å². The second kappa shape index (κ2) is 9.61. The van der Waals surface area contributed by atoms with E-state index in [0.717, 1.165) is 0 Å². The smallest absolute Gasteiger partial charge is 0.257 e. The zero-order chi connectivity index (χ0) is 27.1. The lowest BCUT2D eigenvalue weighted by Crippen LogP contribution is -2.47. The standard InChI is InChI=1S/C30H24ClFN4O2/c1-19(2)21-13-25-27(26(32)14-21)30(22-4-6-23(31)7-5-22,38-18-29(17-34)10-11-29)36(28(25)37)16-24-8-3-20(9-12-33)15-35-24/h3-8,13-15H,1,10-11,16,18,33H2,2H3/t30-/m1/s1. The molecule has 1 amide bonds. The highest BCUT2D eigenvalue weighted by Crippen LogP contribution is 2.52. The minimum absolute atomic E-state index is 0.00781. The third-order valence-electron chi connectivity index (χ3n) is 7.02. The van der Waals surface area contributed by atoms with Crippen molar-refractivity contribution in [1.29, 1.82) is 5.26 Å². The van der Waals surface area contributed by atoms with E-state index < -0.39 is 22.9 Å². The molecule has 2 aromatic carbocycles. The van der Waals surface area contributed by atoms with Gasteiger partial charge in [-0.2, -0.15) is 5.26 Å². The third-order valence-corrected chi connectivity index (χ3v) is 7.27. The molecule has 1 fully saturated rings. The van der Waals surface area contributed by atoms with Crippen LogP contribution < -0.4 is 5.73 Å². The Hall–Kier alpha value is -4.17. The summed E-state index contributed by atoms with van der Waals surface area (Å²) in [7, 11) is 0. The van der Waals surface area contributed by atoms with Gasteiger partial charge in [0.2, 0.25) is 0 Å². The van der Waals surface area contributed by atoms with E-state index in [1.165, 1.54) is 11.0 Å². The highest BCUT2D eigenvalue weighted by Gasteiger charge is 2.56. The summed E-state index contributed by atoms with van der Waals surface area (Å²) in [6.45, 7) is 5.70. The number of carbonyl (C=O) groups excluding carboxylic acids is 1. The van der Waals surface area contributed by atoms with Gasteiger partial charge in [-0.05, 0) is 67.6 Å². The minimum atomic E-state index is -1.65. The first kappa shape index (κ1) is 25.5. The first-order valence-corrected chi connectivity index (χ1v) is 12.4. The van der Waals surface area contributed by atoms with Crippen molar-refractivity contribution in [2.24, 2.45) is 11.1 Å². The van der Waals surface area contributed by atoms with Gasteiger partial charge in [-0.15, -0.1) is 0 Å². The van der Waals surface area contributed by atoms with Crippen molar-refractivity contribution in [3.8, 4) is 18.0 Å². The average Bonchev–Trinajstić information content (AvgIpc) is 3.65. The number of carbonyl (C=O) groups is 1. The number of benzene rings is 2. The Kier molecular flexibility index (Phi) is 6.44. The van der Waals surface area contributed by atoms with Crippen LogP contribution in [0.3, 0.4) is 0 Å². The topological polar surface area (TPSA) is 92.2 Å². The van der Waals surface area contributed by atoms with E-state index in [-0.39, 0.29) is 24.3 Å². The number of nitrogens with zero attached hydrogens (tertiary/aromatic N) is 3. The van der Waals surface area contributed by atoms with Crippen LogP contribution in [0.15, 0.2) is 61.3 Å². The van der Waals surface area contributed by atoms with Crippen molar-refractivity contribution in [3.05, 3.63) is 106 Å². The average molecular weight is 527 g/mol. The van der Waals surface area contributed by atoms with E-state index in [0.29, 0.717) is 45.8 Å².